The predicted octanol–water partition coefficient (Wildman–Crippen LogP) is 3.96. The van der Waals surface area contributed by atoms with Crippen molar-refractivity contribution < 1.29 is 4.74 Å². The third-order valence-electron chi connectivity index (χ3n) is 4.08. The molecule has 104 valence electrons. The second-order valence-corrected chi connectivity index (χ2v) is 5.34. The summed E-state index contributed by atoms with van der Waals surface area (Å²) in [6, 6.07) is 15.4. The molecule has 0 spiro atoms. The van der Waals surface area contributed by atoms with Crippen LogP contribution in [0.25, 0.3) is 11.1 Å². The topological polar surface area (TPSA) is 21.3 Å². The molecule has 0 fully saturated rings. The Hall–Kier alpha value is -1.80. The highest BCUT2D eigenvalue weighted by molar-refractivity contribution is 5.75. The summed E-state index contributed by atoms with van der Waals surface area (Å²) in [4.78, 5) is 0. The van der Waals surface area contributed by atoms with Crippen molar-refractivity contribution in [2.24, 2.45) is 0 Å². The summed E-state index contributed by atoms with van der Waals surface area (Å²) < 4.78 is 5.96. The first-order valence-electron chi connectivity index (χ1n) is 7.32. The lowest BCUT2D eigenvalue weighted by Crippen LogP contribution is -2.14. The summed E-state index contributed by atoms with van der Waals surface area (Å²) in [5, 5.41) is 3.33. The van der Waals surface area contributed by atoms with Crippen molar-refractivity contribution in [1.82, 2.24) is 5.32 Å². The van der Waals surface area contributed by atoms with E-state index < -0.39 is 0 Å². The molecule has 2 heteroatoms. The molecule has 3 rings (SSSR count). The molecule has 1 N–H and O–H groups in total. The van der Waals surface area contributed by atoms with Crippen LogP contribution in [0.1, 0.15) is 30.5 Å². The minimum Gasteiger partial charge on any atom is -0.493 e. The Morgan fingerprint density at radius 3 is 2.70 bits per heavy atom. The van der Waals surface area contributed by atoms with Crippen LogP contribution < -0.4 is 10.1 Å². The van der Waals surface area contributed by atoms with Crippen molar-refractivity contribution in [2.45, 2.75) is 25.8 Å². The maximum absolute atomic E-state index is 5.96. The van der Waals surface area contributed by atoms with Crippen LogP contribution in [0.15, 0.2) is 42.5 Å². The number of nitrogens with one attached hydrogen (secondary N) is 1. The summed E-state index contributed by atoms with van der Waals surface area (Å²) in [6.45, 7) is 3.02. The lowest BCUT2D eigenvalue weighted by atomic mass is 9.92. The number of hydrogen-bond donors (Lipinski definition) is 1. The van der Waals surface area contributed by atoms with Crippen molar-refractivity contribution in [3.05, 3.63) is 53.6 Å². The number of fused-ring (bicyclic) bond motifs is 1. The average molecular weight is 267 g/mol. The maximum atomic E-state index is 5.96. The Balaban J connectivity index is 2.14. The normalized spacial score (nSPS) is 15.3. The first kappa shape index (κ1) is 13.2. The summed E-state index contributed by atoms with van der Waals surface area (Å²) in [5.74, 6) is 1.08. The van der Waals surface area contributed by atoms with Crippen LogP contribution in [0, 0.1) is 0 Å². The predicted molar refractivity (Wildman–Crippen MR) is 83.2 cm³/mol. The number of hydrogen-bond acceptors (Lipinski definition) is 2. The fraction of sp³-hybridized carbons (Fsp3) is 0.333. The molecule has 0 aromatic heterocycles. The van der Waals surface area contributed by atoms with Crippen LogP contribution in [0.4, 0.5) is 0 Å². The van der Waals surface area contributed by atoms with Gasteiger partial charge in [-0.15, -0.1) is 0 Å². The van der Waals surface area contributed by atoms with Crippen molar-refractivity contribution in [2.75, 3.05) is 13.7 Å². The second-order valence-electron chi connectivity index (χ2n) is 5.34. The van der Waals surface area contributed by atoms with E-state index in [2.05, 4.69) is 54.7 Å². The van der Waals surface area contributed by atoms with Crippen molar-refractivity contribution in [3.63, 3.8) is 0 Å². The van der Waals surface area contributed by atoms with Gasteiger partial charge in [-0.2, -0.15) is 0 Å². The summed E-state index contributed by atoms with van der Waals surface area (Å²) in [7, 11) is 2.00. The van der Waals surface area contributed by atoms with E-state index in [1.165, 1.54) is 22.3 Å². The highest BCUT2D eigenvalue weighted by Gasteiger charge is 2.18. The molecule has 0 saturated carbocycles. The Morgan fingerprint density at radius 1 is 1.05 bits per heavy atom. The first-order chi connectivity index (χ1) is 9.81. The first-order valence-corrected chi connectivity index (χ1v) is 7.32. The molecule has 0 radical (unpaired) electrons. The van der Waals surface area contributed by atoms with Gasteiger partial charge in [0.1, 0.15) is 5.75 Å². The zero-order valence-electron chi connectivity index (χ0n) is 12.1. The van der Waals surface area contributed by atoms with Gasteiger partial charge in [0.05, 0.1) is 6.61 Å². The molecular formula is C18H21NO. The Kier molecular flexibility index (Phi) is 3.75. The fourth-order valence-corrected chi connectivity index (χ4v) is 2.88. The molecular weight excluding hydrogens is 246 g/mol. The Labute approximate surface area is 120 Å². The van der Waals surface area contributed by atoms with E-state index in [4.69, 9.17) is 4.74 Å². The van der Waals surface area contributed by atoms with Gasteiger partial charge in [0.25, 0.3) is 0 Å². The summed E-state index contributed by atoms with van der Waals surface area (Å²) in [5.41, 5.74) is 5.14. The standard InChI is InChI=1S/C18H21NO/c1-13(19-2)15-9-3-4-10-16(15)17-11-5-7-14-8-6-12-20-18(14)17/h3-5,7,9-11,13,19H,6,8,12H2,1-2H3. The number of para-hydroxylation sites is 1. The van der Waals surface area contributed by atoms with Gasteiger partial charge in [-0.05, 0) is 43.5 Å². The molecule has 2 aromatic carbocycles. The van der Waals surface area contributed by atoms with E-state index >= 15 is 0 Å². The number of aryl methyl sites for hydroxylation is 1. The van der Waals surface area contributed by atoms with Crippen LogP contribution in [0.5, 0.6) is 5.75 Å². The average Bonchev–Trinajstić information content (AvgIpc) is 2.53. The quantitative estimate of drug-likeness (QED) is 0.909. The smallest absolute Gasteiger partial charge is 0.130 e. The molecule has 20 heavy (non-hydrogen) atoms. The van der Waals surface area contributed by atoms with E-state index in [-0.39, 0.29) is 0 Å². The molecule has 0 amide bonds. The highest BCUT2D eigenvalue weighted by Crippen LogP contribution is 2.38. The zero-order valence-corrected chi connectivity index (χ0v) is 12.1. The Morgan fingerprint density at radius 2 is 1.85 bits per heavy atom. The number of benzene rings is 2. The molecule has 0 aliphatic carbocycles. The minimum atomic E-state index is 0.325. The SMILES string of the molecule is CNC(C)c1ccccc1-c1cccc2c1OCCC2. The van der Waals surface area contributed by atoms with Crippen LogP contribution in [-0.2, 0) is 6.42 Å². The maximum Gasteiger partial charge on any atom is 0.130 e. The molecule has 1 atom stereocenters. The third kappa shape index (κ3) is 2.32. The van der Waals surface area contributed by atoms with Gasteiger partial charge in [0.2, 0.25) is 0 Å². The molecule has 2 nitrogen and oxygen atoms in total. The van der Waals surface area contributed by atoms with Gasteiger partial charge in [-0.1, -0.05) is 42.5 Å². The van der Waals surface area contributed by atoms with Gasteiger partial charge in [-0.25, -0.2) is 0 Å². The molecule has 1 aliphatic rings. The molecule has 0 bridgehead atoms. The third-order valence-corrected chi connectivity index (χ3v) is 4.08. The van der Waals surface area contributed by atoms with Crippen molar-refractivity contribution in [3.8, 4) is 16.9 Å². The summed E-state index contributed by atoms with van der Waals surface area (Å²) >= 11 is 0. The van der Waals surface area contributed by atoms with E-state index in [0.29, 0.717) is 6.04 Å². The zero-order chi connectivity index (χ0) is 13.9. The van der Waals surface area contributed by atoms with Crippen molar-refractivity contribution in [1.29, 1.82) is 0 Å². The summed E-state index contributed by atoms with van der Waals surface area (Å²) in [6.07, 6.45) is 2.23. The van der Waals surface area contributed by atoms with Crippen LogP contribution >= 0.6 is 0 Å². The minimum absolute atomic E-state index is 0.325. The van der Waals surface area contributed by atoms with Crippen molar-refractivity contribution >= 4 is 0 Å². The molecule has 1 aliphatic heterocycles. The van der Waals surface area contributed by atoms with Crippen LogP contribution in [0.2, 0.25) is 0 Å². The lowest BCUT2D eigenvalue weighted by molar-refractivity contribution is 0.289. The van der Waals surface area contributed by atoms with Gasteiger partial charge < -0.3 is 10.1 Å². The molecule has 2 aromatic rings. The van der Waals surface area contributed by atoms with E-state index in [0.717, 1.165) is 25.2 Å². The highest BCUT2D eigenvalue weighted by atomic mass is 16.5. The number of rotatable bonds is 3. The second kappa shape index (κ2) is 5.68. The largest absolute Gasteiger partial charge is 0.493 e. The lowest BCUT2D eigenvalue weighted by Gasteiger charge is -2.23. The molecule has 1 unspecified atom stereocenters. The van der Waals surface area contributed by atoms with Crippen LogP contribution in [0.3, 0.4) is 0 Å². The van der Waals surface area contributed by atoms with E-state index in [9.17, 15) is 0 Å². The fourth-order valence-electron chi connectivity index (χ4n) is 2.88. The number of ether oxygens (including phenoxy) is 1. The van der Waals surface area contributed by atoms with Gasteiger partial charge in [0, 0.05) is 11.6 Å². The Bertz CT molecular complexity index is 606. The van der Waals surface area contributed by atoms with Gasteiger partial charge in [0.15, 0.2) is 0 Å². The molecule has 1 heterocycles. The monoisotopic (exact) mass is 267 g/mol. The molecule has 0 saturated heterocycles. The van der Waals surface area contributed by atoms with Crippen LogP contribution in [-0.4, -0.2) is 13.7 Å². The van der Waals surface area contributed by atoms with Gasteiger partial charge in [-0.3, -0.25) is 0 Å². The van der Waals surface area contributed by atoms with E-state index in [1.54, 1.807) is 0 Å². The van der Waals surface area contributed by atoms with Gasteiger partial charge >= 0.3 is 0 Å². The van der Waals surface area contributed by atoms with E-state index in [1.807, 2.05) is 7.05 Å².